The van der Waals surface area contributed by atoms with Gasteiger partial charge in [-0.05, 0) is 37.5 Å². The van der Waals surface area contributed by atoms with E-state index in [4.69, 9.17) is 0 Å². The van der Waals surface area contributed by atoms with Crippen molar-refractivity contribution in [3.8, 4) is 0 Å². The molecule has 1 heterocycles. The second-order valence-electron chi connectivity index (χ2n) is 5.74. The van der Waals surface area contributed by atoms with Gasteiger partial charge in [-0.15, -0.1) is 0 Å². The molecule has 4 heteroatoms. The molecule has 0 aromatic carbocycles. The van der Waals surface area contributed by atoms with Crippen LogP contribution in [0.1, 0.15) is 44.9 Å². The van der Waals surface area contributed by atoms with E-state index in [0.29, 0.717) is 24.0 Å². The average Bonchev–Trinajstić information content (AvgIpc) is 2.86. The highest BCUT2D eigenvalue weighted by atomic mass is 32.2. The summed E-state index contributed by atoms with van der Waals surface area (Å²) in [5.74, 6) is 0.873. The normalized spacial score (nSPS) is 50.7. The molecule has 3 rings (SSSR count). The fourth-order valence-corrected chi connectivity index (χ4v) is 6.43. The zero-order chi connectivity index (χ0) is 11.4. The maximum atomic E-state index is 12.1. The average molecular weight is 244 g/mol. The van der Waals surface area contributed by atoms with Gasteiger partial charge >= 0.3 is 0 Å². The maximum Gasteiger partial charge on any atom is 0.156 e. The molecule has 0 bridgehead atoms. The van der Waals surface area contributed by atoms with Crippen LogP contribution in [-0.2, 0) is 9.84 Å². The smallest absolute Gasteiger partial charge is 0.156 e. The van der Waals surface area contributed by atoms with Gasteiger partial charge in [-0.25, -0.2) is 8.42 Å². The summed E-state index contributed by atoms with van der Waals surface area (Å²) in [5, 5.41) is 10.2. The largest absolute Gasteiger partial charge is 0.388 e. The number of sulfone groups is 1. The Balaban J connectivity index is 1.87. The summed E-state index contributed by atoms with van der Waals surface area (Å²) in [4.78, 5) is 0. The lowest BCUT2D eigenvalue weighted by Gasteiger charge is -2.28. The van der Waals surface area contributed by atoms with Gasteiger partial charge < -0.3 is 5.11 Å². The molecule has 16 heavy (non-hydrogen) atoms. The molecule has 92 valence electrons. The van der Waals surface area contributed by atoms with Crippen molar-refractivity contribution in [3.05, 3.63) is 0 Å². The van der Waals surface area contributed by atoms with E-state index >= 15 is 0 Å². The predicted molar refractivity (Wildman–Crippen MR) is 61.8 cm³/mol. The Labute approximate surface area is 97.2 Å². The summed E-state index contributed by atoms with van der Waals surface area (Å²) in [6, 6.07) is 0. The molecule has 0 radical (unpaired) electrons. The minimum Gasteiger partial charge on any atom is -0.388 e. The van der Waals surface area contributed by atoms with E-state index in [1.807, 2.05) is 0 Å². The Morgan fingerprint density at radius 3 is 2.06 bits per heavy atom. The van der Waals surface area contributed by atoms with Crippen LogP contribution < -0.4 is 0 Å². The van der Waals surface area contributed by atoms with Crippen LogP contribution in [-0.4, -0.2) is 30.1 Å². The van der Waals surface area contributed by atoms with Crippen LogP contribution in [0.2, 0.25) is 0 Å². The number of aliphatic hydroxyl groups is 1. The van der Waals surface area contributed by atoms with Crippen molar-refractivity contribution in [1.29, 1.82) is 0 Å². The van der Waals surface area contributed by atoms with Gasteiger partial charge in [0.25, 0.3) is 0 Å². The third-order valence-corrected chi connectivity index (χ3v) is 7.28. The molecule has 1 aliphatic heterocycles. The Bertz CT molecular complexity index is 375. The highest BCUT2D eigenvalue weighted by molar-refractivity contribution is 7.92. The van der Waals surface area contributed by atoms with E-state index in [1.54, 1.807) is 0 Å². The van der Waals surface area contributed by atoms with E-state index < -0.39 is 20.7 Å². The van der Waals surface area contributed by atoms with Crippen molar-refractivity contribution >= 4 is 9.84 Å². The van der Waals surface area contributed by atoms with Crippen molar-refractivity contribution in [2.75, 3.05) is 5.75 Å². The van der Waals surface area contributed by atoms with Gasteiger partial charge in [-0.3, -0.25) is 0 Å². The summed E-state index contributed by atoms with van der Waals surface area (Å²) in [5.41, 5.74) is -0.838. The minimum atomic E-state index is -3.03. The number of hydrogen-bond donors (Lipinski definition) is 1. The van der Waals surface area contributed by atoms with E-state index in [1.165, 1.54) is 0 Å². The highest BCUT2D eigenvalue weighted by Crippen LogP contribution is 2.62. The molecule has 3 unspecified atom stereocenters. The summed E-state index contributed by atoms with van der Waals surface area (Å²) < 4.78 is 24.1. The molecule has 3 nitrogen and oxygen atoms in total. The van der Waals surface area contributed by atoms with Gasteiger partial charge in [0.15, 0.2) is 9.84 Å². The van der Waals surface area contributed by atoms with E-state index in [-0.39, 0.29) is 0 Å². The first kappa shape index (κ1) is 11.0. The lowest BCUT2D eigenvalue weighted by atomic mass is 10.0. The topological polar surface area (TPSA) is 54.4 Å². The monoisotopic (exact) mass is 244 g/mol. The van der Waals surface area contributed by atoms with Crippen LogP contribution in [0.25, 0.3) is 0 Å². The van der Waals surface area contributed by atoms with Crippen LogP contribution >= 0.6 is 0 Å². The molecule has 3 fully saturated rings. The second-order valence-corrected chi connectivity index (χ2v) is 8.04. The van der Waals surface area contributed by atoms with Gasteiger partial charge in [0.1, 0.15) is 0 Å². The van der Waals surface area contributed by atoms with E-state index in [2.05, 4.69) is 0 Å². The molecule has 0 aromatic heterocycles. The van der Waals surface area contributed by atoms with Crippen LogP contribution in [0.3, 0.4) is 0 Å². The highest BCUT2D eigenvalue weighted by Gasteiger charge is 2.69. The van der Waals surface area contributed by atoms with Crippen LogP contribution in [0.4, 0.5) is 0 Å². The summed E-state index contributed by atoms with van der Waals surface area (Å²) >= 11 is 0. The third-order valence-electron chi connectivity index (χ3n) is 4.94. The zero-order valence-electron chi connectivity index (χ0n) is 9.56. The number of hydrogen-bond acceptors (Lipinski definition) is 3. The Kier molecular flexibility index (Phi) is 2.38. The first-order valence-electron chi connectivity index (χ1n) is 6.51. The van der Waals surface area contributed by atoms with Gasteiger partial charge in [-0.1, -0.05) is 19.3 Å². The van der Waals surface area contributed by atoms with Gasteiger partial charge in [0.2, 0.25) is 0 Å². The number of fused-ring (bicyclic) bond motifs is 1. The minimum absolute atomic E-state index is 0.291. The van der Waals surface area contributed by atoms with Gasteiger partial charge in [-0.2, -0.15) is 0 Å². The quantitative estimate of drug-likeness (QED) is 0.760. The molecule has 2 saturated carbocycles. The molecule has 0 amide bonds. The fraction of sp³-hybridized carbons (Fsp3) is 1.00. The van der Waals surface area contributed by atoms with Crippen LogP contribution in [0, 0.1) is 11.8 Å². The van der Waals surface area contributed by atoms with Gasteiger partial charge in [0.05, 0.1) is 16.6 Å². The first-order chi connectivity index (χ1) is 7.57. The fourth-order valence-electron chi connectivity index (χ4n) is 4.09. The summed E-state index contributed by atoms with van der Waals surface area (Å²) in [6.45, 7) is 0. The van der Waals surface area contributed by atoms with E-state index in [0.717, 1.165) is 38.5 Å². The molecule has 3 atom stereocenters. The second kappa shape index (κ2) is 3.45. The Hall–Kier alpha value is -0.0900. The summed E-state index contributed by atoms with van der Waals surface area (Å²) in [7, 11) is -3.03. The third kappa shape index (κ3) is 1.39. The van der Waals surface area contributed by atoms with Gasteiger partial charge in [0, 0.05) is 0 Å². The van der Waals surface area contributed by atoms with E-state index in [9.17, 15) is 13.5 Å². The molecule has 3 aliphatic rings. The Morgan fingerprint density at radius 1 is 0.938 bits per heavy atom. The lowest BCUT2D eigenvalue weighted by Crippen LogP contribution is -2.42. The van der Waals surface area contributed by atoms with Crippen LogP contribution in [0.15, 0.2) is 0 Å². The number of rotatable bonds is 1. The first-order valence-corrected chi connectivity index (χ1v) is 8.22. The van der Waals surface area contributed by atoms with Crippen molar-refractivity contribution < 1.29 is 13.5 Å². The SMILES string of the molecule is O=S1(=O)CCCCC1C1(O)C2CCCCC21. The van der Waals surface area contributed by atoms with Crippen molar-refractivity contribution in [2.45, 2.75) is 55.8 Å². The van der Waals surface area contributed by atoms with Crippen molar-refractivity contribution in [1.82, 2.24) is 0 Å². The zero-order valence-corrected chi connectivity index (χ0v) is 10.4. The van der Waals surface area contributed by atoms with Crippen molar-refractivity contribution in [2.24, 2.45) is 11.8 Å². The van der Waals surface area contributed by atoms with Crippen molar-refractivity contribution in [3.63, 3.8) is 0 Å². The molecule has 1 N–H and O–H groups in total. The molecular weight excluding hydrogens is 224 g/mol. The molecule has 0 aromatic rings. The molecular formula is C12H20O3S. The predicted octanol–water partition coefficient (Wildman–Crippen LogP) is 1.50. The molecule has 2 aliphatic carbocycles. The Morgan fingerprint density at radius 2 is 1.50 bits per heavy atom. The maximum absolute atomic E-state index is 12.1. The summed E-state index contributed by atoms with van der Waals surface area (Å²) in [6.07, 6.45) is 6.83. The molecule has 0 spiro atoms. The lowest BCUT2D eigenvalue weighted by molar-refractivity contribution is 0.107. The van der Waals surface area contributed by atoms with Crippen LogP contribution in [0.5, 0.6) is 0 Å². The standard InChI is InChI=1S/C12H20O3S/c13-12(9-5-1-2-6-10(9)12)11-7-3-4-8-16(11,14)15/h9-11,13H,1-8H2. The molecule has 1 saturated heterocycles.